The summed E-state index contributed by atoms with van der Waals surface area (Å²) in [6, 6.07) is 2.04. The maximum atomic E-state index is 11.1. The molecule has 0 aromatic heterocycles. The minimum absolute atomic E-state index is 0.196. The van der Waals surface area contributed by atoms with Gasteiger partial charge >= 0.3 is 0 Å². The summed E-state index contributed by atoms with van der Waals surface area (Å²) in [6.45, 7) is 7.70. The smallest absolute Gasteiger partial charge is 0.134 e. The van der Waals surface area contributed by atoms with Crippen molar-refractivity contribution in [3.63, 3.8) is 0 Å². The highest BCUT2D eigenvalue weighted by molar-refractivity contribution is 5.79. The van der Waals surface area contributed by atoms with Gasteiger partial charge in [-0.3, -0.25) is 4.79 Å². The Hall–Kier alpha value is -1.31. The Kier molecular flexibility index (Phi) is 3.51. The van der Waals surface area contributed by atoms with E-state index < -0.39 is 0 Å². The van der Waals surface area contributed by atoms with Crippen molar-refractivity contribution in [1.29, 1.82) is 0 Å². The number of aryl methyl sites for hydroxylation is 1. The van der Waals surface area contributed by atoms with E-state index in [9.17, 15) is 4.79 Å². The van der Waals surface area contributed by atoms with Gasteiger partial charge in [-0.25, -0.2) is 0 Å². The molecule has 0 radical (unpaired) electrons. The molecule has 15 heavy (non-hydrogen) atoms. The molecule has 0 N–H and O–H groups in total. The third-order valence-electron chi connectivity index (χ3n) is 2.78. The molecule has 2 heteroatoms. The van der Waals surface area contributed by atoms with Crippen LogP contribution in [0.5, 0.6) is 5.75 Å². The third kappa shape index (κ3) is 2.38. The van der Waals surface area contributed by atoms with Crippen LogP contribution in [0.15, 0.2) is 6.07 Å². The molecular weight excluding hydrogens is 188 g/mol. The lowest BCUT2D eigenvalue weighted by molar-refractivity contribution is -0.116. The first-order valence-electron chi connectivity index (χ1n) is 5.10. The summed E-state index contributed by atoms with van der Waals surface area (Å²) in [5.74, 6) is 1.13. The SMILES string of the molecule is COc1c(C)cc(CC(C)=O)c(C)c1C. The van der Waals surface area contributed by atoms with Gasteiger partial charge < -0.3 is 4.74 Å². The zero-order chi connectivity index (χ0) is 11.6. The average Bonchev–Trinajstić information content (AvgIpc) is 2.14. The second-order valence-electron chi connectivity index (χ2n) is 4.01. The standard InChI is InChI=1S/C13H18O2/c1-8-6-12(7-9(2)14)10(3)11(4)13(8)15-5/h6H,7H2,1-5H3. The van der Waals surface area contributed by atoms with Gasteiger partial charge in [0, 0.05) is 6.42 Å². The summed E-state index contributed by atoms with van der Waals surface area (Å²) in [4.78, 5) is 11.1. The molecule has 2 nitrogen and oxygen atoms in total. The molecule has 0 heterocycles. The molecule has 0 spiro atoms. The Morgan fingerprint density at radius 2 is 1.87 bits per heavy atom. The van der Waals surface area contributed by atoms with Crippen LogP contribution in [0.1, 0.15) is 29.2 Å². The van der Waals surface area contributed by atoms with Crippen LogP contribution in [0.4, 0.5) is 0 Å². The Morgan fingerprint density at radius 1 is 1.27 bits per heavy atom. The number of Topliss-reactive ketones (excluding diaryl/α,β-unsaturated/α-hetero) is 1. The minimum Gasteiger partial charge on any atom is -0.496 e. The normalized spacial score (nSPS) is 10.2. The number of benzene rings is 1. The zero-order valence-corrected chi connectivity index (χ0v) is 10.1. The fraction of sp³-hybridized carbons (Fsp3) is 0.462. The highest BCUT2D eigenvalue weighted by atomic mass is 16.5. The first kappa shape index (κ1) is 11.8. The first-order valence-corrected chi connectivity index (χ1v) is 5.10. The van der Waals surface area contributed by atoms with Crippen LogP contribution < -0.4 is 4.74 Å². The van der Waals surface area contributed by atoms with Crippen molar-refractivity contribution >= 4 is 5.78 Å². The lowest BCUT2D eigenvalue weighted by Gasteiger charge is -2.14. The molecule has 0 amide bonds. The molecule has 0 fully saturated rings. The molecule has 82 valence electrons. The number of carbonyl (C=O) groups excluding carboxylic acids is 1. The van der Waals surface area contributed by atoms with Crippen LogP contribution in [0.25, 0.3) is 0 Å². The second kappa shape index (κ2) is 4.47. The van der Waals surface area contributed by atoms with E-state index in [4.69, 9.17) is 4.74 Å². The Labute approximate surface area is 91.3 Å². The van der Waals surface area contributed by atoms with Gasteiger partial charge in [0.2, 0.25) is 0 Å². The van der Waals surface area contributed by atoms with Gasteiger partial charge in [-0.2, -0.15) is 0 Å². The van der Waals surface area contributed by atoms with E-state index in [0.29, 0.717) is 6.42 Å². The van der Waals surface area contributed by atoms with Crippen LogP contribution in [0, 0.1) is 20.8 Å². The molecule has 0 aliphatic heterocycles. The lowest BCUT2D eigenvalue weighted by Crippen LogP contribution is -2.03. The van der Waals surface area contributed by atoms with Crippen molar-refractivity contribution in [3.05, 3.63) is 28.3 Å². The summed E-state index contributed by atoms with van der Waals surface area (Å²) in [5.41, 5.74) is 4.50. The van der Waals surface area contributed by atoms with Gasteiger partial charge in [0.25, 0.3) is 0 Å². The molecule has 0 saturated carbocycles. The van der Waals surface area contributed by atoms with Crippen LogP contribution in [0.3, 0.4) is 0 Å². The summed E-state index contributed by atoms with van der Waals surface area (Å²) in [5, 5.41) is 0. The van der Waals surface area contributed by atoms with Crippen molar-refractivity contribution in [2.45, 2.75) is 34.1 Å². The molecular formula is C13H18O2. The first-order chi connectivity index (χ1) is 6.97. The van der Waals surface area contributed by atoms with Crippen molar-refractivity contribution < 1.29 is 9.53 Å². The summed E-state index contributed by atoms with van der Waals surface area (Å²) in [6.07, 6.45) is 0.511. The van der Waals surface area contributed by atoms with E-state index in [0.717, 1.165) is 28.0 Å². The van der Waals surface area contributed by atoms with E-state index in [1.807, 2.05) is 26.8 Å². The van der Waals surface area contributed by atoms with E-state index in [1.165, 1.54) is 0 Å². The van der Waals surface area contributed by atoms with E-state index in [-0.39, 0.29) is 5.78 Å². The zero-order valence-electron chi connectivity index (χ0n) is 10.1. The van der Waals surface area contributed by atoms with Gasteiger partial charge in [-0.05, 0) is 49.9 Å². The number of hydrogen-bond acceptors (Lipinski definition) is 2. The predicted octanol–water partition coefficient (Wildman–Crippen LogP) is 2.75. The summed E-state index contributed by atoms with van der Waals surface area (Å²) >= 11 is 0. The van der Waals surface area contributed by atoms with Crippen LogP contribution in [0.2, 0.25) is 0 Å². The van der Waals surface area contributed by atoms with E-state index >= 15 is 0 Å². The largest absolute Gasteiger partial charge is 0.496 e. The van der Waals surface area contributed by atoms with Gasteiger partial charge in [0.05, 0.1) is 7.11 Å². The minimum atomic E-state index is 0.196. The third-order valence-corrected chi connectivity index (χ3v) is 2.78. The quantitative estimate of drug-likeness (QED) is 0.760. The van der Waals surface area contributed by atoms with Crippen LogP contribution in [-0.4, -0.2) is 12.9 Å². The molecule has 0 saturated heterocycles. The second-order valence-corrected chi connectivity index (χ2v) is 4.01. The maximum Gasteiger partial charge on any atom is 0.134 e. The monoisotopic (exact) mass is 206 g/mol. The van der Waals surface area contributed by atoms with Crippen molar-refractivity contribution in [3.8, 4) is 5.75 Å². The van der Waals surface area contributed by atoms with Crippen LogP contribution in [-0.2, 0) is 11.2 Å². The Bertz CT molecular complexity index is 392. The topological polar surface area (TPSA) is 26.3 Å². The average molecular weight is 206 g/mol. The van der Waals surface area contributed by atoms with Crippen molar-refractivity contribution in [1.82, 2.24) is 0 Å². The van der Waals surface area contributed by atoms with Crippen molar-refractivity contribution in [2.24, 2.45) is 0 Å². The number of ketones is 1. The Morgan fingerprint density at radius 3 is 2.33 bits per heavy atom. The molecule has 0 unspecified atom stereocenters. The predicted molar refractivity (Wildman–Crippen MR) is 61.6 cm³/mol. The van der Waals surface area contributed by atoms with Crippen molar-refractivity contribution in [2.75, 3.05) is 7.11 Å². The van der Waals surface area contributed by atoms with Gasteiger partial charge in [0.15, 0.2) is 0 Å². The summed E-state index contributed by atoms with van der Waals surface area (Å²) in [7, 11) is 1.68. The number of rotatable bonds is 3. The molecule has 1 aromatic rings. The van der Waals surface area contributed by atoms with Crippen LogP contribution >= 0.6 is 0 Å². The molecule has 0 bridgehead atoms. The number of methoxy groups -OCH3 is 1. The van der Waals surface area contributed by atoms with E-state index in [1.54, 1.807) is 14.0 Å². The molecule has 0 aliphatic carbocycles. The Balaban J connectivity index is 3.27. The molecule has 1 aromatic carbocycles. The number of carbonyl (C=O) groups is 1. The highest BCUT2D eigenvalue weighted by Crippen LogP contribution is 2.28. The fourth-order valence-corrected chi connectivity index (χ4v) is 1.91. The van der Waals surface area contributed by atoms with Gasteiger partial charge in [-0.1, -0.05) is 6.07 Å². The van der Waals surface area contributed by atoms with E-state index in [2.05, 4.69) is 0 Å². The lowest BCUT2D eigenvalue weighted by atomic mass is 9.95. The van der Waals surface area contributed by atoms with Gasteiger partial charge in [-0.15, -0.1) is 0 Å². The molecule has 0 aliphatic rings. The number of ether oxygens (including phenoxy) is 1. The summed E-state index contributed by atoms with van der Waals surface area (Å²) < 4.78 is 5.33. The maximum absolute atomic E-state index is 11.1. The highest BCUT2D eigenvalue weighted by Gasteiger charge is 2.11. The fourth-order valence-electron chi connectivity index (χ4n) is 1.91. The van der Waals surface area contributed by atoms with Gasteiger partial charge in [0.1, 0.15) is 11.5 Å². The molecule has 0 atom stereocenters. The number of hydrogen-bond donors (Lipinski definition) is 0. The molecule has 1 rings (SSSR count).